The number of amides is 1. The van der Waals surface area contributed by atoms with Gasteiger partial charge in [0.25, 0.3) is 5.91 Å². The van der Waals surface area contributed by atoms with Gasteiger partial charge in [0.1, 0.15) is 5.75 Å². The zero-order valence-electron chi connectivity index (χ0n) is 9.15. The van der Waals surface area contributed by atoms with Crippen molar-refractivity contribution < 1.29 is 9.53 Å². The van der Waals surface area contributed by atoms with E-state index < -0.39 is 0 Å². The number of methoxy groups -OCH3 is 1. The maximum absolute atomic E-state index is 11.7. The van der Waals surface area contributed by atoms with E-state index >= 15 is 0 Å². The van der Waals surface area contributed by atoms with Gasteiger partial charge in [0.15, 0.2) is 0 Å². The van der Waals surface area contributed by atoms with Gasteiger partial charge in [0, 0.05) is 23.9 Å². The molecule has 1 aromatic rings. The highest BCUT2D eigenvalue weighted by Crippen LogP contribution is 2.20. The Bertz CT molecular complexity index is 390. The number of rotatable bonds is 5. The molecule has 0 aliphatic heterocycles. The highest BCUT2D eigenvalue weighted by molar-refractivity contribution is 7.80. The number of ether oxygens (including phenoxy) is 1. The number of carbonyl (C=O) groups excluding carboxylic acids is 1. The molecule has 0 spiro atoms. The summed E-state index contributed by atoms with van der Waals surface area (Å²) in [5.41, 5.74) is 5.40. The monoisotopic (exact) mass is 258 g/mol. The van der Waals surface area contributed by atoms with Crippen LogP contribution in [0.4, 0.5) is 0 Å². The standard InChI is InChI=1S/C10H14N2O2S2/c1-6(3-9(11)15)12-10(13)8-4-7(14-2)5-16-8/h4-6H,3H2,1-2H3,(H2,11,15)(H,12,13). The Morgan fingerprint density at radius 2 is 2.44 bits per heavy atom. The van der Waals surface area contributed by atoms with Gasteiger partial charge in [-0.15, -0.1) is 11.3 Å². The molecular formula is C10H14N2O2S2. The molecule has 0 aliphatic rings. The molecule has 16 heavy (non-hydrogen) atoms. The molecule has 0 saturated heterocycles. The van der Waals surface area contributed by atoms with Crippen molar-refractivity contribution in [1.82, 2.24) is 5.32 Å². The lowest BCUT2D eigenvalue weighted by atomic mass is 10.2. The van der Waals surface area contributed by atoms with Crippen LogP contribution in [0.1, 0.15) is 23.0 Å². The molecule has 0 radical (unpaired) electrons. The molecule has 0 aromatic carbocycles. The van der Waals surface area contributed by atoms with Crippen LogP contribution in [0.25, 0.3) is 0 Å². The van der Waals surface area contributed by atoms with Gasteiger partial charge in [-0.2, -0.15) is 0 Å². The van der Waals surface area contributed by atoms with Crippen LogP contribution < -0.4 is 15.8 Å². The Kier molecular flexibility index (Phi) is 4.70. The summed E-state index contributed by atoms with van der Waals surface area (Å²) in [5, 5.41) is 4.60. The van der Waals surface area contributed by atoms with E-state index in [0.29, 0.717) is 22.0 Å². The molecule has 1 rings (SSSR count). The summed E-state index contributed by atoms with van der Waals surface area (Å²) in [4.78, 5) is 12.7. The van der Waals surface area contributed by atoms with Gasteiger partial charge in [-0.3, -0.25) is 4.79 Å². The fourth-order valence-corrected chi connectivity index (χ4v) is 2.20. The molecular weight excluding hydrogens is 244 g/mol. The van der Waals surface area contributed by atoms with Crippen LogP contribution in [-0.4, -0.2) is 24.0 Å². The zero-order valence-corrected chi connectivity index (χ0v) is 10.8. The third-order valence-electron chi connectivity index (χ3n) is 1.92. The van der Waals surface area contributed by atoms with E-state index in [9.17, 15) is 4.79 Å². The van der Waals surface area contributed by atoms with Crippen LogP contribution in [-0.2, 0) is 0 Å². The lowest BCUT2D eigenvalue weighted by Gasteiger charge is -2.11. The first-order chi connectivity index (χ1) is 7.52. The molecule has 1 atom stereocenters. The quantitative estimate of drug-likeness (QED) is 0.787. The summed E-state index contributed by atoms with van der Waals surface area (Å²) in [6.45, 7) is 1.86. The summed E-state index contributed by atoms with van der Waals surface area (Å²) in [6.07, 6.45) is 0.504. The van der Waals surface area contributed by atoms with E-state index in [1.165, 1.54) is 11.3 Å². The van der Waals surface area contributed by atoms with Crippen LogP contribution in [0.15, 0.2) is 11.4 Å². The molecule has 6 heteroatoms. The van der Waals surface area contributed by atoms with Crippen molar-refractivity contribution in [2.24, 2.45) is 5.73 Å². The predicted octanol–water partition coefficient (Wildman–Crippen LogP) is 1.55. The largest absolute Gasteiger partial charge is 0.496 e. The maximum Gasteiger partial charge on any atom is 0.261 e. The lowest BCUT2D eigenvalue weighted by Crippen LogP contribution is -2.34. The van der Waals surface area contributed by atoms with Gasteiger partial charge in [0.2, 0.25) is 0 Å². The van der Waals surface area contributed by atoms with Gasteiger partial charge in [-0.25, -0.2) is 0 Å². The molecule has 0 saturated carbocycles. The second-order valence-corrected chi connectivity index (χ2v) is 4.83. The van der Waals surface area contributed by atoms with Crippen molar-refractivity contribution in [3.05, 3.63) is 16.3 Å². The van der Waals surface area contributed by atoms with Crippen LogP contribution in [0.3, 0.4) is 0 Å². The summed E-state index contributed by atoms with van der Waals surface area (Å²) in [7, 11) is 1.57. The summed E-state index contributed by atoms with van der Waals surface area (Å²) in [6, 6.07) is 1.64. The fourth-order valence-electron chi connectivity index (χ4n) is 1.19. The van der Waals surface area contributed by atoms with Gasteiger partial charge >= 0.3 is 0 Å². The Morgan fingerprint density at radius 1 is 1.75 bits per heavy atom. The molecule has 88 valence electrons. The minimum Gasteiger partial charge on any atom is -0.496 e. The average molecular weight is 258 g/mol. The zero-order chi connectivity index (χ0) is 12.1. The molecule has 1 unspecified atom stereocenters. The number of nitrogens with one attached hydrogen (secondary N) is 1. The van der Waals surface area contributed by atoms with E-state index in [4.69, 9.17) is 22.7 Å². The Labute approximate surface area is 104 Å². The van der Waals surface area contributed by atoms with E-state index in [-0.39, 0.29) is 11.9 Å². The summed E-state index contributed by atoms with van der Waals surface area (Å²) < 4.78 is 5.00. The topological polar surface area (TPSA) is 64.3 Å². The molecule has 0 aliphatic carbocycles. The van der Waals surface area contributed by atoms with E-state index in [1.807, 2.05) is 6.92 Å². The number of thiophene rings is 1. The minimum atomic E-state index is -0.128. The molecule has 1 aromatic heterocycles. The summed E-state index contributed by atoms with van der Waals surface area (Å²) >= 11 is 6.12. The normalized spacial score (nSPS) is 11.9. The number of hydrogen-bond donors (Lipinski definition) is 2. The molecule has 3 N–H and O–H groups in total. The Balaban J connectivity index is 2.54. The van der Waals surface area contributed by atoms with Gasteiger partial charge < -0.3 is 15.8 Å². The fraction of sp³-hybridized carbons (Fsp3) is 0.400. The highest BCUT2D eigenvalue weighted by Gasteiger charge is 2.12. The summed E-state index contributed by atoms with van der Waals surface area (Å²) in [5.74, 6) is 0.564. The number of carbonyl (C=O) groups is 1. The van der Waals surface area contributed by atoms with E-state index in [2.05, 4.69) is 5.32 Å². The second-order valence-electron chi connectivity index (χ2n) is 3.40. The van der Waals surface area contributed by atoms with Crippen molar-refractivity contribution in [2.45, 2.75) is 19.4 Å². The van der Waals surface area contributed by atoms with Gasteiger partial charge in [-0.1, -0.05) is 12.2 Å². The second kappa shape index (κ2) is 5.81. The van der Waals surface area contributed by atoms with Crippen LogP contribution in [0.5, 0.6) is 5.75 Å². The van der Waals surface area contributed by atoms with Crippen LogP contribution in [0.2, 0.25) is 0 Å². The number of thiocarbonyl (C=S) groups is 1. The van der Waals surface area contributed by atoms with E-state index in [0.717, 1.165) is 0 Å². The van der Waals surface area contributed by atoms with Gasteiger partial charge in [-0.05, 0) is 6.92 Å². The first-order valence-electron chi connectivity index (χ1n) is 4.74. The van der Waals surface area contributed by atoms with Crippen molar-refractivity contribution in [1.29, 1.82) is 0 Å². The first-order valence-corrected chi connectivity index (χ1v) is 6.03. The van der Waals surface area contributed by atoms with Gasteiger partial charge in [0.05, 0.1) is 17.0 Å². The maximum atomic E-state index is 11.7. The predicted molar refractivity (Wildman–Crippen MR) is 69.2 cm³/mol. The molecule has 0 bridgehead atoms. The first kappa shape index (κ1) is 12.9. The van der Waals surface area contributed by atoms with Crippen molar-refractivity contribution in [3.63, 3.8) is 0 Å². The SMILES string of the molecule is COc1csc(C(=O)NC(C)CC(N)=S)c1. The van der Waals surface area contributed by atoms with Crippen LogP contribution >= 0.6 is 23.6 Å². The highest BCUT2D eigenvalue weighted by atomic mass is 32.1. The molecule has 0 fully saturated rings. The van der Waals surface area contributed by atoms with Crippen molar-refractivity contribution in [3.8, 4) is 5.75 Å². The van der Waals surface area contributed by atoms with E-state index in [1.54, 1.807) is 18.6 Å². The number of nitrogens with two attached hydrogens (primary N) is 1. The molecule has 4 nitrogen and oxygen atoms in total. The smallest absolute Gasteiger partial charge is 0.261 e. The average Bonchev–Trinajstić information content (AvgIpc) is 2.64. The van der Waals surface area contributed by atoms with Crippen molar-refractivity contribution >= 4 is 34.5 Å². The Morgan fingerprint density at radius 3 is 2.94 bits per heavy atom. The number of hydrogen-bond acceptors (Lipinski definition) is 4. The molecule has 1 amide bonds. The minimum absolute atomic E-state index is 0.0573. The lowest BCUT2D eigenvalue weighted by molar-refractivity contribution is 0.0945. The third-order valence-corrected chi connectivity index (χ3v) is 2.99. The van der Waals surface area contributed by atoms with Crippen molar-refractivity contribution in [2.75, 3.05) is 7.11 Å². The molecule has 1 heterocycles. The Hall–Kier alpha value is -1.14. The van der Waals surface area contributed by atoms with Crippen LogP contribution in [0, 0.1) is 0 Å². The third kappa shape index (κ3) is 3.79.